The van der Waals surface area contributed by atoms with Crippen LogP contribution in [0.4, 0.5) is 0 Å². The van der Waals surface area contributed by atoms with Gasteiger partial charge in [0.05, 0.1) is 13.2 Å². The molecular weight excluding hydrogens is 685 g/mol. The molecule has 0 aromatic carbocycles. The molecule has 0 amide bonds. The number of carbonyl (C=O) groups excluding carboxylic acids is 2. The van der Waals surface area contributed by atoms with Crippen LogP contribution in [0, 0.1) is 0 Å². The van der Waals surface area contributed by atoms with E-state index in [2.05, 4.69) is 42.7 Å². The zero-order chi connectivity index (χ0) is 38.5. The van der Waals surface area contributed by atoms with Crippen LogP contribution in [0.3, 0.4) is 0 Å². The van der Waals surface area contributed by atoms with Gasteiger partial charge in [0.1, 0.15) is 12.6 Å². The SMILES string of the molecule is CCCCCC/C=C/CCCCCCCC(=O)O[C@H](COC(=O)CCCCCCC/C=C/CCCCCCCC)COP(=O)(O)OC[C@H](N)C(=O)O. The molecule has 0 saturated heterocycles. The van der Waals surface area contributed by atoms with E-state index in [0.717, 1.165) is 77.0 Å². The summed E-state index contributed by atoms with van der Waals surface area (Å²) in [5.74, 6) is -2.40. The maximum atomic E-state index is 12.6. The van der Waals surface area contributed by atoms with E-state index in [0.29, 0.717) is 12.8 Å². The lowest BCUT2D eigenvalue weighted by molar-refractivity contribution is -0.161. The molecule has 52 heavy (non-hydrogen) atoms. The van der Waals surface area contributed by atoms with Gasteiger partial charge in [-0.05, 0) is 64.2 Å². The Morgan fingerprint density at radius 1 is 0.577 bits per heavy atom. The Kier molecular flexibility index (Phi) is 34.6. The average molecular weight is 760 g/mol. The molecule has 0 aromatic rings. The molecule has 0 bridgehead atoms. The minimum Gasteiger partial charge on any atom is -0.480 e. The van der Waals surface area contributed by atoms with Gasteiger partial charge in [-0.2, -0.15) is 0 Å². The molecule has 0 radical (unpaired) electrons. The molecule has 0 aliphatic heterocycles. The smallest absolute Gasteiger partial charge is 0.472 e. The summed E-state index contributed by atoms with van der Waals surface area (Å²) in [5.41, 5.74) is 5.32. The maximum Gasteiger partial charge on any atom is 0.472 e. The highest BCUT2D eigenvalue weighted by Crippen LogP contribution is 2.43. The number of ether oxygens (including phenoxy) is 2. The Balaban J connectivity index is 4.42. The number of allylic oxidation sites excluding steroid dienone is 4. The third-order valence-electron chi connectivity index (χ3n) is 8.67. The highest BCUT2D eigenvalue weighted by atomic mass is 31.2. The number of phosphoric ester groups is 1. The summed E-state index contributed by atoms with van der Waals surface area (Å²) in [6, 6.07) is -1.52. The number of unbranched alkanes of at least 4 members (excludes halogenated alkanes) is 20. The van der Waals surface area contributed by atoms with Crippen molar-refractivity contribution in [2.24, 2.45) is 5.73 Å². The first-order chi connectivity index (χ1) is 25.1. The number of rotatable bonds is 38. The predicted octanol–water partition coefficient (Wildman–Crippen LogP) is 10.3. The van der Waals surface area contributed by atoms with Crippen LogP contribution in [-0.2, 0) is 37.5 Å². The summed E-state index contributed by atoms with van der Waals surface area (Å²) in [7, 11) is -4.71. The van der Waals surface area contributed by atoms with E-state index >= 15 is 0 Å². The van der Waals surface area contributed by atoms with Crippen LogP contribution in [0.15, 0.2) is 24.3 Å². The highest BCUT2D eigenvalue weighted by molar-refractivity contribution is 7.47. The number of esters is 2. The first-order valence-electron chi connectivity index (χ1n) is 20.4. The van der Waals surface area contributed by atoms with Crippen LogP contribution < -0.4 is 5.73 Å². The zero-order valence-corrected chi connectivity index (χ0v) is 33.5. The molecular formula is C40H74NO10P. The number of phosphoric acid groups is 1. The first-order valence-corrected chi connectivity index (χ1v) is 21.9. The third-order valence-corrected chi connectivity index (χ3v) is 9.62. The molecule has 0 spiro atoms. The lowest BCUT2D eigenvalue weighted by Gasteiger charge is -2.20. The predicted molar refractivity (Wildman–Crippen MR) is 208 cm³/mol. The van der Waals surface area contributed by atoms with Crippen LogP contribution in [0.1, 0.15) is 181 Å². The van der Waals surface area contributed by atoms with Crippen molar-refractivity contribution in [3.05, 3.63) is 24.3 Å². The van der Waals surface area contributed by atoms with E-state index < -0.39 is 51.1 Å². The van der Waals surface area contributed by atoms with Crippen molar-refractivity contribution >= 4 is 25.7 Å². The van der Waals surface area contributed by atoms with Gasteiger partial charge in [0.2, 0.25) is 0 Å². The molecule has 11 nitrogen and oxygen atoms in total. The fourth-order valence-corrected chi connectivity index (χ4v) is 6.18. The molecule has 0 rings (SSSR count). The van der Waals surface area contributed by atoms with Crippen LogP contribution in [0.5, 0.6) is 0 Å². The number of carbonyl (C=O) groups is 3. The van der Waals surface area contributed by atoms with Crippen molar-refractivity contribution in [2.75, 3.05) is 19.8 Å². The molecule has 0 fully saturated rings. The first kappa shape index (κ1) is 50.0. The number of hydrogen-bond donors (Lipinski definition) is 3. The molecule has 0 aliphatic rings. The van der Waals surface area contributed by atoms with E-state index in [1.165, 1.54) is 64.2 Å². The van der Waals surface area contributed by atoms with Gasteiger partial charge in [-0.15, -0.1) is 0 Å². The molecule has 1 unspecified atom stereocenters. The van der Waals surface area contributed by atoms with Crippen molar-refractivity contribution in [3.8, 4) is 0 Å². The van der Waals surface area contributed by atoms with Gasteiger partial charge in [0.15, 0.2) is 6.10 Å². The van der Waals surface area contributed by atoms with E-state index in [-0.39, 0.29) is 19.4 Å². The van der Waals surface area contributed by atoms with Crippen LogP contribution in [-0.4, -0.2) is 59.9 Å². The molecule has 4 N–H and O–H groups in total. The Morgan fingerprint density at radius 2 is 0.962 bits per heavy atom. The van der Waals surface area contributed by atoms with Gasteiger partial charge in [-0.3, -0.25) is 23.4 Å². The van der Waals surface area contributed by atoms with Crippen LogP contribution in [0.2, 0.25) is 0 Å². The number of hydrogen-bond acceptors (Lipinski definition) is 9. The van der Waals surface area contributed by atoms with Gasteiger partial charge >= 0.3 is 25.7 Å². The summed E-state index contributed by atoms with van der Waals surface area (Å²) in [4.78, 5) is 45.8. The fourth-order valence-electron chi connectivity index (χ4n) is 5.41. The van der Waals surface area contributed by atoms with E-state index in [9.17, 15) is 23.8 Å². The van der Waals surface area contributed by atoms with Crippen molar-refractivity contribution in [1.29, 1.82) is 0 Å². The molecule has 0 saturated carbocycles. The lowest BCUT2D eigenvalue weighted by atomic mass is 10.1. The zero-order valence-electron chi connectivity index (χ0n) is 32.7. The second-order valence-electron chi connectivity index (χ2n) is 13.8. The minimum atomic E-state index is -4.71. The molecule has 0 aromatic heterocycles. The Labute approximate surface area is 315 Å². The minimum absolute atomic E-state index is 0.151. The Hall–Kier alpha value is -2.04. The number of carboxylic acid groups (broad SMARTS) is 1. The van der Waals surface area contributed by atoms with Crippen LogP contribution >= 0.6 is 7.82 Å². The van der Waals surface area contributed by atoms with Gasteiger partial charge in [-0.1, -0.05) is 128 Å². The van der Waals surface area contributed by atoms with Gasteiger partial charge in [0.25, 0.3) is 0 Å². The molecule has 3 atom stereocenters. The third kappa shape index (κ3) is 35.0. The summed E-state index contributed by atoms with van der Waals surface area (Å²) in [5, 5.41) is 8.87. The van der Waals surface area contributed by atoms with Crippen LogP contribution in [0.25, 0.3) is 0 Å². The van der Waals surface area contributed by atoms with E-state index in [4.69, 9.17) is 24.8 Å². The number of aliphatic carboxylic acids is 1. The monoisotopic (exact) mass is 760 g/mol. The second kappa shape index (κ2) is 36.0. The standard InChI is InChI=1S/C40H74NO10P/c1-3-5-7-9-11-13-15-17-18-20-21-23-25-27-29-31-38(42)48-33-36(34-49-52(46,47)50-35-37(41)40(44)45)51-39(43)32-30-28-26-24-22-19-16-14-12-10-8-6-4-2/h14,16-18,36-37H,3-13,15,19-35,41H2,1-2H3,(H,44,45)(H,46,47)/b16-14+,18-17+/t36-,37+/m1/s1. The number of carboxylic acids is 1. The highest BCUT2D eigenvalue weighted by Gasteiger charge is 2.28. The van der Waals surface area contributed by atoms with Gasteiger partial charge in [0, 0.05) is 12.8 Å². The van der Waals surface area contributed by atoms with Crippen molar-refractivity contribution in [1.82, 2.24) is 0 Å². The molecule has 304 valence electrons. The van der Waals surface area contributed by atoms with E-state index in [1.807, 2.05) is 0 Å². The second-order valence-corrected chi connectivity index (χ2v) is 15.2. The summed E-state index contributed by atoms with van der Waals surface area (Å²) < 4.78 is 32.6. The summed E-state index contributed by atoms with van der Waals surface area (Å²) in [6.07, 6.45) is 35.3. The number of nitrogens with two attached hydrogens (primary N) is 1. The lowest BCUT2D eigenvalue weighted by Crippen LogP contribution is -2.34. The Morgan fingerprint density at radius 3 is 1.42 bits per heavy atom. The topological polar surface area (TPSA) is 172 Å². The van der Waals surface area contributed by atoms with E-state index in [1.54, 1.807) is 0 Å². The van der Waals surface area contributed by atoms with Crippen molar-refractivity contribution in [3.63, 3.8) is 0 Å². The average Bonchev–Trinajstić information content (AvgIpc) is 3.12. The van der Waals surface area contributed by atoms with Crippen molar-refractivity contribution < 1.29 is 47.5 Å². The molecule has 12 heteroatoms. The van der Waals surface area contributed by atoms with Gasteiger partial charge in [-0.25, -0.2) is 4.57 Å². The molecule has 0 aliphatic carbocycles. The van der Waals surface area contributed by atoms with Gasteiger partial charge < -0.3 is 25.2 Å². The summed E-state index contributed by atoms with van der Waals surface area (Å²) in [6.45, 7) is 2.76. The summed E-state index contributed by atoms with van der Waals surface area (Å²) >= 11 is 0. The Bertz CT molecular complexity index is 989. The quantitative estimate of drug-likeness (QED) is 0.0237. The van der Waals surface area contributed by atoms with Crippen molar-refractivity contribution in [2.45, 2.75) is 193 Å². The largest absolute Gasteiger partial charge is 0.480 e. The fraction of sp³-hybridized carbons (Fsp3) is 0.825. The maximum absolute atomic E-state index is 12.6. The normalized spacial score (nSPS) is 14.1. The molecule has 0 heterocycles.